The molecule has 2 rings (SSSR count). The zero-order chi connectivity index (χ0) is 12.3. The second-order valence-corrected chi connectivity index (χ2v) is 4.47. The van der Waals surface area contributed by atoms with Crippen molar-refractivity contribution in [3.8, 4) is 6.07 Å². The highest BCUT2D eigenvalue weighted by Gasteiger charge is 2.09. The van der Waals surface area contributed by atoms with Crippen molar-refractivity contribution >= 4 is 11.8 Å². The van der Waals surface area contributed by atoms with Gasteiger partial charge in [0.2, 0.25) is 0 Å². The fraction of sp³-hybridized carbons (Fsp3) is 0.167. The summed E-state index contributed by atoms with van der Waals surface area (Å²) in [5.74, 6) is 0. The standard InChI is InChI=1S/C12H11N3OS/c1-15-10(8-16)7-14-12(15)17-11-5-3-2-4-9(11)6-13/h2-5,7,16H,8H2,1H3. The molecule has 4 nitrogen and oxygen atoms in total. The summed E-state index contributed by atoms with van der Waals surface area (Å²) >= 11 is 1.42. The Bertz CT molecular complexity index is 571. The minimum absolute atomic E-state index is 0.0377. The Morgan fingerprint density at radius 3 is 2.88 bits per heavy atom. The Morgan fingerprint density at radius 1 is 1.47 bits per heavy atom. The highest BCUT2D eigenvalue weighted by Crippen LogP contribution is 2.29. The smallest absolute Gasteiger partial charge is 0.172 e. The average Bonchev–Trinajstić information content (AvgIpc) is 2.71. The number of aromatic nitrogens is 2. The molecule has 5 heteroatoms. The third kappa shape index (κ3) is 2.33. The van der Waals surface area contributed by atoms with Gasteiger partial charge in [-0.25, -0.2) is 4.98 Å². The Hall–Kier alpha value is -1.77. The van der Waals surface area contributed by atoms with E-state index in [1.165, 1.54) is 11.8 Å². The van der Waals surface area contributed by atoms with E-state index in [4.69, 9.17) is 10.4 Å². The summed E-state index contributed by atoms with van der Waals surface area (Å²) in [6, 6.07) is 9.53. The first-order chi connectivity index (χ1) is 8.26. The number of aliphatic hydroxyl groups excluding tert-OH is 1. The molecule has 0 atom stereocenters. The highest BCUT2D eigenvalue weighted by molar-refractivity contribution is 7.99. The van der Waals surface area contributed by atoms with Gasteiger partial charge in [-0.1, -0.05) is 23.9 Å². The summed E-state index contributed by atoms with van der Waals surface area (Å²) in [4.78, 5) is 5.08. The van der Waals surface area contributed by atoms with Gasteiger partial charge in [-0.2, -0.15) is 5.26 Å². The average molecular weight is 245 g/mol. The van der Waals surface area contributed by atoms with E-state index in [0.717, 1.165) is 15.7 Å². The van der Waals surface area contributed by atoms with Crippen molar-refractivity contribution in [2.75, 3.05) is 0 Å². The van der Waals surface area contributed by atoms with Crippen molar-refractivity contribution in [1.82, 2.24) is 9.55 Å². The predicted octanol–water partition coefficient (Wildman–Crippen LogP) is 1.94. The van der Waals surface area contributed by atoms with Crippen LogP contribution < -0.4 is 0 Å². The van der Waals surface area contributed by atoms with Crippen LogP contribution >= 0.6 is 11.8 Å². The minimum Gasteiger partial charge on any atom is -0.390 e. The molecule has 0 bridgehead atoms. The predicted molar refractivity (Wildman–Crippen MR) is 64.4 cm³/mol. The molecule has 0 aliphatic carbocycles. The summed E-state index contributed by atoms with van der Waals surface area (Å²) in [5, 5.41) is 18.8. The van der Waals surface area contributed by atoms with Gasteiger partial charge in [0.1, 0.15) is 6.07 Å². The quantitative estimate of drug-likeness (QED) is 0.897. The molecule has 0 unspecified atom stereocenters. The summed E-state index contributed by atoms with van der Waals surface area (Å²) in [6.07, 6.45) is 1.64. The van der Waals surface area contributed by atoms with Crippen LogP contribution in [0.3, 0.4) is 0 Å². The number of rotatable bonds is 3. The molecule has 0 radical (unpaired) electrons. The largest absolute Gasteiger partial charge is 0.390 e. The molecule has 17 heavy (non-hydrogen) atoms. The summed E-state index contributed by atoms with van der Waals surface area (Å²) in [7, 11) is 1.84. The maximum Gasteiger partial charge on any atom is 0.172 e. The number of imidazole rings is 1. The Morgan fingerprint density at radius 2 is 2.24 bits per heavy atom. The van der Waals surface area contributed by atoms with Crippen LogP contribution in [0.4, 0.5) is 0 Å². The SMILES string of the molecule is Cn1c(CO)cnc1Sc1ccccc1C#N. The first kappa shape index (κ1) is 11.7. The zero-order valence-corrected chi connectivity index (χ0v) is 10.1. The lowest BCUT2D eigenvalue weighted by Gasteiger charge is -2.04. The van der Waals surface area contributed by atoms with Crippen LogP contribution in [0, 0.1) is 11.3 Å². The van der Waals surface area contributed by atoms with Crippen LogP contribution in [0.5, 0.6) is 0 Å². The van der Waals surface area contributed by atoms with Crippen molar-refractivity contribution < 1.29 is 5.11 Å². The normalized spacial score (nSPS) is 10.2. The molecule has 1 aromatic heterocycles. The topological polar surface area (TPSA) is 61.8 Å². The summed E-state index contributed by atoms with van der Waals surface area (Å²) < 4.78 is 1.82. The van der Waals surface area contributed by atoms with E-state index in [0.29, 0.717) is 5.56 Å². The molecule has 1 N–H and O–H groups in total. The summed E-state index contributed by atoms with van der Waals surface area (Å²) in [6.45, 7) is -0.0377. The van der Waals surface area contributed by atoms with Crippen molar-refractivity contribution in [2.24, 2.45) is 7.05 Å². The van der Waals surface area contributed by atoms with Crippen molar-refractivity contribution in [2.45, 2.75) is 16.7 Å². The van der Waals surface area contributed by atoms with Crippen LogP contribution in [-0.2, 0) is 13.7 Å². The van der Waals surface area contributed by atoms with Gasteiger partial charge in [0, 0.05) is 11.9 Å². The van der Waals surface area contributed by atoms with Crippen LogP contribution in [0.25, 0.3) is 0 Å². The molecule has 0 amide bonds. The molecule has 86 valence electrons. The van der Waals surface area contributed by atoms with Gasteiger partial charge in [-0.3, -0.25) is 0 Å². The second kappa shape index (κ2) is 5.04. The Balaban J connectivity index is 2.32. The third-order valence-corrected chi connectivity index (χ3v) is 3.55. The molecule has 0 saturated heterocycles. The third-order valence-electron chi connectivity index (χ3n) is 2.41. The lowest BCUT2D eigenvalue weighted by Crippen LogP contribution is -1.97. The van der Waals surface area contributed by atoms with Gasteiger partial charge in [0.05, 0.1) is 24.1 Å². The van der Waals surface area contributed by atoms with Gasteiger partial charge < -0.3 is 9.67 Å². The number of hydrogen-bond acceptors (Lipinski definition) is 4. The molecular formula is C12H11N3OS. The van der Waals surface area contributed by atoms with Crippen LogP contribution in [-0.4, -0.2) is 14.7 Å². The monoisotopic (exact) mass is 245 g/mol. The lowest BCUT2D eigenvalue weighted by atomic mass is 10.2. The van der Waals surface area contributed by atoms with Gasteiger partial charge in [0.15, 0.2) is 5.16 Å². The molecule has 0 aliphatic rings. The number of nitriles is 1. The summed E-state index contributed by atoms with van der Waals surface area (Å²) in [5.41, 5.74) is 1.38. The van der Waals surface area contributed by atoms with Crippen LogP contribution in [0.2, 0.25) is 0 Å². The zero-order valence-electron chi connectivity index (χ0n) is 9.29. The van der Waals surface area contributed by atoms with Gasteiger partial charge in [-0.05, 0) is 12.1 Å². The first-order valence-corrected chi connectivity index (χ1v) is 5.86. The minimum atomic E-state index is -0.0377. The first-order valence-electron chi connectivity index (χ1n) is 5.04. The second-order valence-electron chi connectivity index (χ2n) is 3.46. The maximum atomic E-state index is 9.08. The molecule has 1 heterocycles. The molecule has 0 aliphatic heterocycles. The molecule has 0 saturated carbocycles. The van der Waals surface area contributed by atoms with Crippen LogP contribution in [0.15, 0.2) is 40.5 Å². The van der Waals surface area contributed by atoms with Crippen molar-refractivity contribution in [3.05, 3.63) is 41.7 Å². The highest BCUT2D eigenvalue weighted by atomic mass is 32.2. The number of benzene rings is 1. The van der Waals surface area contributed by atoms with E-state index < -0.39 is 0 Å². The molecular weight excluding hydrogens is 234 g/mol. The number of aliphatic hydroxyl groups is 1. The Kier molecular flexibility index (Phi) is 3.47. The van der Waals surface area contributed by atoms with E-state index >= 15 is 0 Å². The fourth-order valence-corrected chi connectivity index (χ4v) is 2.34. The maximum absolute atomic E-state index is 9.08. The van der Waals surface area contributed by atoms with Gasteiger partial charge >= 0.3 is 0 Å². The lowest BCUT2D eigenvalue weighted by molar-refractivity contribution is 0.271. The van der Waals surface area contributed by atoms with E-state index in [9.17, 15) is 0 Å². The van der Waals surface area contributed by atoms with E-state index in [1.54, 1.807) is 12.3 Å². The van der Waals surface area contributed by atoms with E-state index in [2.05, 4.69) is 11.1 Å². The van der Waals surface area contributed by atoms with Crippen molar-refractivity contribution in [3.63, 3.8) is 0 Å². The Labute approximate surface area is 104 Å². The van der Waals surface area contributed by atoms with Crippen LogP contribution in [0.1, 0.15) is 11.3 Å². The van der Waals surface area contributed by atoms with Crippen molar-refractivity contribution in [1.29, 1.82) is 5.26 Å². The molecule has 0 spiro atoms. The van der Waals surface area contributed by atoms with E-state index in [1.807, 2.05) is 29.8 Å². The number of nitrogens with zero attached hydrogens (tertiary/aromatic N) is 3. The molecule has 0 fully saturated rings. The van der Waals surface area contributed by atoms with Gasteiger partial charge in [-0.15, -0.1) is 0 Å². The molecule has 2 aromatic rings. The van der Waals surface area contributed by atoms with Gasteiger partial charge in [0.25, 0.3) is 0 Å². The fourth-order valence-electron chi connectivity index (χ4n) is 1.41. The van der Waals surface area contributed by atoms with E-state index in [-0.39, 0.29) is 6.61 Å². The number of hydrogen-bond donors (Lipinski definition) is 1. The molecule has 1 aromatic carbocycles.